The van der Waals surface area contributed by atoms with Gasteiger partial charge in [-0.05, 0) is 37.8 Å². The normalized spacial score (nSPS) is 24.2. The van der Waals surface area contributed by atoms with E-state index in [0.717, 1.165) is 5.92 Å². The molecule has 1 heterocycles. The number of rotatable bonds is 3. The summed E-state index contributed by atoms with van der Waals surface area (Å²) in [4.78, 5) is 2.65. The molecule has 0 N–H and O–H groups in total. The van der Waals surface area contributed by atoms with Crippen molar-refractivity contribution in [2.75, 3.05) is 13.1 Å². The van der Waals surface area contributed by atoms with Gasteiger partial charge in [0.1, 0.15) is 0 Å². The summed E-state index contributed by atoms with van der Waals surface area (Å²) < 4.78 is 0. The van der Waals surface area contributed by atoms with E-state index in [-0.39, 0.29) is 0 Å². The molecule has 2 rings (SSSR count). The van der Waals surface area contributed by atoms with E-state index in [9.17, 15) is 0 Å². The molecule has 0 unspecified atom stereocenters. The van der Waals surface area contributed by atoms with Gasteiger partial charge in [0.15, 0.2) is 0 Å². The lowest BCUT2D eigenvalue weighted by molar-refractivity contribution is 0.129. The maximum atomic E-state index is 2.65. The van der Waals surface area contributed by atoms with Gasteiger partial charge in [0.25, 0.3) is 0 Å². The minimum Gasteiger partial charge on any atom is -0.296 e. The van der Waals surface area contributed by atoms with Crippen LogP contribution in [0.4, 0.5) is 0 Å². The highest BCUT2D eigenvalue weighted by Crippen LogP contribution is 2.27. The maximum Gasteiger partial charge on any atom is 0.0319 e. The summed E-state index contributed by atoms with van der Waals surface area (Å²) in [6.45, 7) is 7.22. The van der Waals surface area contributed by atoms with Crippen LogP contribution in [0.15, 0.2) is 30.3 Å². The lowest BCUT2D eigenvalue weighted by Crippen LogP contribution is -2.37. The first-order valence-corrected chi connectivity index (χ1v) is 6.60. The zero-order valence-corrected chi connectivity index (χ0v) is 10.5. The Morgan fingerprint density at radius 1 is 1.31 bits per heavy atom. The van der Waals surface area contributed by atoms with Crippen LogP contribution in [0.5, 0.6) is 0 Å². The van der Waals surface area contributed by atoms with Gasteiger partial charge in [-0.2, -0.15) is 0 Å². The second kappa shape index (κ2) is 5.49. The summed E-state index contributed by atoms with van der Waals surface area (Å²) >= 11 is 0. The fourth-order valence-electron chi connectivity index (χ4n) is 2.72. The van der Waals surface area contributed by atoms with Crippen molar-refractivity contribution in [3.63, 3.8) is 0 Å². The molecule has 1 saturated heterocycles. The molecule has 0 aliphatic carbocycles. The number of nitrogens with zero attached hydrogens (tertiary/aromatic N) is 1. The zero-order valence-electron chi connectivity index (χ0n) is 10.5. The van der Waals surface area contributed by atoms with E-state index < -0.39 is 0 Å². The Bertz CT molecular complexity index is 306. The maximum absolute atomic E-state index is 2.65. The van der Waals surface area contributed by atoms with E-state index >= 15 is 0 Å². The highest BCUT2D eigenvalue weighted by Gasteiger charge is 2.22. The number of likely N-dealkylation sites (tertiary alicyclic amines) is 1. The smallest absolute Gasteiger partial charge is 0.0319 e. The molecule has 0 aromatic heterocycles. The van der Waals surface area contributed by atoms with Crippen LogP contribution in [0.2, 0.25) is 0 Å². The van der Waals surface area contributed by atoms with Gasteiger partial charge in [0.2, 0.25) is 0 Å². The van der Waals surface area contributed by atoms with Gasteiger partial charge in [-0.3, -0.25) is 4.90 Å². The third-order valence-electron chi connectivity index (χ3n) is 3.96. The molecular weight excluding hydrogens is 194 g/mol. The first-order chi connectivity index (χ1) is 7.81. The summed E-state index contributed by atoms with van der Waals surface area (Å²) in [5.41, 5.74) is 1.46. The van der Waals surface area contributed by atoms with Gasteiger partial charge >= 0.3 is 0 Å². The van der Waals surface area contributed by atoms with Crippen LogP contribution in [-0.2, 0) is 0 Å². The molecule has 2 atom stereocenters. The molecule has 0 spiro atoms. The Hall–Kier alpha value is -0.820. The largest absolute Gasteiger partial charge is 0.296 e. The van der Waals surface area contributed by atoms with Crippen molar-refractivity contribution >= 4 is 0 Å². The molecule has 0 radical (unpaired) electrons. The third kappa shape index (κ3) is 2.65. The van der Waals surface area contributed by atoms with Gasteiger partial charge in [-0.25, -0.2) is 0 Å². The summed E-state index contributed by atoms with van der Waals surface area (Å²) in [6.07, 6.45) is 4.13. The molecular formula is C15H23N. The standard InChI is InChI=1S/C15H23N/c1-3-14-8-7-11-16(12-14)13(2)15-9-5-4-6-10-15/h4-6,9-10,13-14H,3,7-8,11-12H2,1-2H3/t13-,14-/m1/s1. The van der Waals surface area contributed by atoms with Crippen LogP contribution >= 0.6 is 0 Å². The molecule has 1 heteroatoms. The lowest BCUT2D eigenvalue weighted by Gasteiger charge is -2.36. The average Bonchev–Trinajstić information content (AvgIpc) is 2.39. The second-order valence-electron chi connectivity index (χ2n) is 5.00. The summed E-state index contributed by atoms with van der Waals surface area (Å²) in [5, 5.41) is 0. The van der Waals surface area contributed by atoms with Gasteiger partial charge in [-0.1, -0.05) is 43.7 Å². The molecule has 1 aromatic rings. The molecule has 16 heavy (non-hydrogen) atoms. The summed E-state index contributed by atoms with van der Waals surface area (Å²) in [5.74, 6) is 0.917. The lowest BCUT2D eigenvalue weighted by atomic mass is 9.93. The monoisotopic (exact) mass is 217 g/mol. The number of piperidine rings is 1. The highest BCUT2D eigenvalue weighted by atomic mass is 15.2. The van der Waals surface area contributed by atoms with Crippen molar-refractivity contribution in [1.29, 1.82) is 0 Å². The fourth-order valence-corrected chi connectivity index (χ4v) is 2.72. The first-order valence-electron chi connectivity index (χ1n) is 6.60. The minimum absolute atomic E-state index is 0.579. The number of benzene rings is 1. The Kier molecular flexibility index (Phi) is 4.00. The highest BCUT2D eigenvalue weighted by molar-refractivity contribution is 5.18. The number of hydrogen-bond donors (Lipinski definition) is 0. The first kappa shape index (κ1) is 11.7. The van der Waals surface area contributed by atoms with E-state index in [4.69, 9.17) is 0 Å². The van der Waals surface area contributed by atoms with Gasteiger partial charge < -0.3 is 0 Å². The molecule has 1 aliphatic heterocycles. The molecule has 0 bridgehead atoms. The minimum atomic E-state index is 0.579. The van der Waals surface area contributed by atoms with Crippen molar-refractivity contribution in [3.8, 4) is 0 Å². The van der Waals surface area contributed by atoms with Crippen LogP contribution < -0.4 is 0 Å². The molecule has 1 aliphatic rings. The Morgan fingerprint density at radius 3 is 2.75 bits per heavy atom. The zero-order chi connectivity index (χ0) is 11.4. The van der Waals surface area contributed by atoms with E-state index in [1.165, 1.54) is 37.9 Å². The Labute approximate surface area is 99.5 Å². The predicted octanol–water partition coefficient (Wildman–Crippen LogP) is 3.87. The molecule has 0 saturated carbocycles. The van der Waals surface area contributed by atoms with Crippen LogP contribution in [0.3, 0.4) is 0 Å². The molecule has 1 aromatic carbocycles. The van der Waals surface area contributed by atoms with E-state index in [2.05, 4.69) is 49.1 Å². The van der Waals surface area contributed by atoms with Crippen LogP contribution in [0.25, 0.3) is 0 Å². The summed E-state index contributed by atoms with van der Waals surface area (Å²) in [7, 11) is 0. The van der Waals surface area contributed by atoms with Crippen molar-refractivity contribution in [1.82, 2.24) is 4.90 Å². The quantitative estimate of drug-likeness (QED) is 0.743. The van der Waals surface area contributed by atoms with Gasteiger partial charge in [0.05, 0.1) is 0 Å². The average molecular weight is 217 g/mol. The molecule has 1 nitrogen and oxygen atoms in total. The van der Waals surface area contributed by atoms with Crippen molar-refractivity contribution in [3.05, 3.63) is 35.9 Å². The molecule has 0 amide bonds. The third-order valence-corrected chi connectivity index (χ3v) is 3.96. The molecule has 88 valence electrons. The Morgan fingerprint density at radius 2 is 2.06 bits per heavy atom. The SMILES string of the molecule is CC[C@@H]1CCCN([C@H](C)c2ccccc2)C1. The summed E-state index contributed by atoms with van der Waals surface area (Å²) in [6, 6.07) is 11.5. The van der Waals surface area contributed by atoms with E-state index in [0.29, 0.717) is 6.04 Å². The topological polar surface area (TPSA) is 3.24 Å². The van der Waals surface area contributed by atoms with E-state index in [1.807, 2.05) is 0 Å². The predicted molar refractivity (Wildman–Crippen MR) is 69.4 cm³/mol. The van der Waals surface area contributed by atoms with E-state index in [1.54, 1.807) is 0 Å². The van der Waals surface area contributed by atoms with Crippen LogP contribution in [-0.4, -0.2) is 18.0 Å². The van der Waals surface area contributed by atoms with Crippen molar-refractivity contribution in [2.45, 2.75) is 39.2 Å². The Balaban J connectivity index is 2.01. The second-order valence-corrected chi connectivity index (χ2v) is 5.00. The van der Waals surface area contributed by atoms with Crippen molar-refractivity contribution < 1.29 is 0 Å². The van der Waals surface area contributed by atoms with Gasteiger partial charge in [-0.15, -0.1) is 0 Å². The van der Waals surface area contributed by atoms with Crippen molar-refractivity contribution in [2.24, 2.45) is 5.92 Å². The number of hydrogen-bond acceptors (Lipinski definition) is 1. The fraction of sp³-hybridized carbons (Fsp3) is 0.600. The van der Waals surface area contributed by atoms with Crippen LogP contribution in [0, 0.1) is 5.92 Å². The van der Waals surface area contributed by atoms with Crippen LogP contribution in [0.1, 0.15) is 44.7 Å². The molecule has 1 fully saturated rings. The van der Waals surface area contributed by atoms with Gasteiger partial charge in [0, 0.05) is 12.6 Å².